The molecule has 0 spiro atoms. The molecule has 0 saturated carbocycles. The van der Waals surface area contributed by atoms with Crippen LogP contribution in [-0.2, 0) is 22.4 Å². The first-order chi connectivity index (χ1) is 10.9. The first kappa shape index (κ1) is 19.2. The van der Waals surface area contributed by atoms with Crippen LogP contribution in [0.1, 0.15) is 44.7 Å². The fraction of sp³-hybridized carbons (Fsp3) is 0.556. The van der Waals surface area contributed by atoms with Gasteiger partial charge in [-0.25, -0.2) is 0 Å². The monoisotopic (exact) mass is 321 g/mol. The molecule has 2 rings (SSSR count). The minimum Gasteiger partial charge on any atom is -0.423 e. The van der Waals surface area contributed by atoms with Gasteiger partial charge in [-0.05, 0) is 50.9 Å². The van der Waals surface area contributed by atoms with Gasteiger partial charge in [-0.15, -0.1) is 0 Å². The van der Waals surface area contributed by atoms with Gasteiger partial charge in [-0.2, -0.15) is 0 Å². The smallest absolute Gasteiger partial charge is 0.308 e. The Balaban J connectivity index is 0.000000816. The fourth-order valence-electron chi connectivity index (χ4n) is 2.69. The number of carbonyl (C=O) groups excluding carboxylic acids is 2. The van der Waals surface area contributed by atoms with Crippen molar-refractivity contribution in [1.82, 2.24) is 5.32 Å². The van der Waals surface area contributed by atoms with Crippen LogP contribution < -0.4 is 14.8 Å². The Morgan fingerprint density at radius 1 is 1.17 bits per heavy atom. The van der Waals surface area contributed by atoms with Crippen LogP contribution in [-0.4, -0.2) is 26.0 Å². The molecule has 1 atom stereocenters. The normalized spacial score (nSPS) is 15.8. The number of fused-ring (bicyclic) bond motifs is 1. The second kappa shape index (κ2) is 9.30. The Hall–Kier alpha value is -1.88. The molecule has 5 nitrogen and oxygen atoms in total. The minimum absolute atomic E-state index is 0.336. The lowest BCUT2D eigenvalue weighted by atomic mass is 9.82. The molecule has 1 unspecified atom stereocenters. The zero-order chi connectivity index (χ0) is 17.4. The molecular formula is C18H27NO4. The molecule has 0 fully saturated rings. The average Bonchev–Trinajstić information content (AvgIpc) is 2.49. The molecular weight excluding hydrogens is 294 g/mol. The summed E-state index contributed by atoms with van der Waals surface area (Å²) in [4.78, 5) is 22.5. The maximum absolute atomic E-state index is 11.3. The van der Waals surface area contributed by atoms with E-state index >= 15 is 0 Å². The van der Waals surface area contributed by atoms with E-state index in [9.17, 15) is 9.59 Å². The molecule has 5 heteroatoms. The predicted molar refractivity (Wildman–Crippen MR) is 89.8 cm³/mol. The highest BCUT2D eigenvalue weighted by Crippen LogP contribution is 2.40. The number of esters is 2. The van der Waals surface area contributed by atoms with Gasteiger partial charge in [0.1, 0.15) is 0 Å². The first-order valence-electron chi connectivity index (χ1n) is 8.02. The van der Waals surface area contributed by atoms with Crippen LogP contribution in [0.5, 0.6) is 11.5 Å². The molecule has 1 aromatic carbocycles. The molecule has 0 radical (unpaired) electrons. The average molecular weight is 321 g/mol. The molecule has 0 saturated heterocycles. The van der Waals surface area contributed by atoms with Crippen LogP contribution in [0.4, 0.5) is 0 Å². The summed E-state index contributed by atoms with van der Waals surface area (Å²) in [5.74, 6) is 0.530. The van der Waals surface area contributed by atoms with Gasteiger partial charge in [-0.1, -0.05) is 19.4 Å². The van der Waals surface area contributed by atoms with Crippen molar-refractivity contribution in [1.29, 1.82) is 0 Å². The van der Waals surface area contributed by atoms with E-state index in [2.05, 4.69) is 12.2 Å². The molecule has 1 aliphatic carbocycles. The predicted octanol–water partition coefficient (Wildman–Crippen LogP) is 2.89. The number of rotatable bonds is 3. The molecule has 0 heterocycles. The van der Waals surface area contributed by atoms with Gasteiger partial charge in [0.05, 0.1) is 0 Å². The topological polar surface area (TPSA) is 64.6 Å². The third kappa shape index (κ3) is 5.67. The van der Waals surface area contributed by atoms with Crippen LogP contribution in [0, 0.1) is 5.92 Å². The zero-order valence-corrected chi connectivity index (χ0v) is 14.7. The van der Waals surface area contributed by atoms with Gasteiger partial charge in [-0.3, -0.25) is 9.59 Å². The lowest BCUT2D eigenvalue weighted by Gasteiger charge is -2.26. The van der Waals surface area contributed by atoms with E-state index in [4.69, 9.17) is 9.47 Å². The Bertz CT molecular complexity index is 554. The van der Waals surface area contributed by atoms with Crippen molar-refractivity contribution in [3.63, 3.8) is 0 Å². The van der Waals surface area contributed by atoms with Gasteiger partial charge in [0.2, 0.25) is 0 Å². The molecule has 1 N–H and O–H groups in total. The minimum atomic E-state index is -0.416. The quantitative estimate of drug-likeness (QED) is 0.685. The molecule has 1 aliphatic rings. The van der Waals surface area contributed by atoms with Crippen LogP contribution in [0.3, 0.4) is 0 Å². The van der Waals surface area contributed by atoms with E-state index in [1.807, 2.05) is 20.2 Å². The van der Waals surface area contributed by atoms with Gasteiger partial charge < -0.3 is 14.8 Å². The number of aryl methyl sites for hydroxylation is 1. The summed E-state index contributed by atoms with van der Waals surface area (Å²) in [6.45, 7) is 4.86. The second-order valence-corrected chi connectivity index (χ2v) is 5.73. The van der Waals surface area contributed by atoms with E-state index < -0.39 is 11.9 Å². The van der Waals surface area contributed by atoms with Gasteiger partial charge >= 0.3 is 11.9 Å². The lowest BCUT2D eigenvalue weighted by Crippen LogP contribution is -2.17. The maximum Gasteiger partial charge on any atom is 0.308 e. The van der Waals surface area contributed by atoms with E-state index in [-0.39, 0.29) is 0 Å². The summed E-state index contributed by atoms with van der Waals surface area (Å²) in [5, 5.41) is 2.75. The number of ether oxygens (including phenoxy) is 2. The third-order valence-corrected chi connectivity index (χ3v) is 3.71. The Morgan fingerprint density at radius 3 is 2.30 bits per heavy atom. The van der Waals surface area contributed by atoms with Crippen molar-refractivity contribution in [2.24, 2.45) is 5.92 Å². The molecule has 0 amide bonds. The number of nitrogens with one attached hydrogen (secondary N) is 1. The lowest BCUT2D eigenvalue weighted by molar-refractivity contribution is -0.134. The SMILES string of the molecule is CCC1CCc2ccc(OC(C)=O)c(OC(C)=O)c2C1.CNC. The van der Waals surface area contributed by atoms with E-state index in [0.29, 0.717) is 17.4 Å². The summed E-state index contributed by atoms with van der Waals surface area (Å²) in [6.07, 6.45) is 4.08. The van der Waals surface area contributed by atoms with Crippen molar-refractivity contribution in [2.45, 2.75) is 46.5 Å². The van der Waals surface area contributed by atoms with Crippen LogP contribution in [0.25, 0.3) is 0 Å². The van der Waals surface area contributed by atoms with Crippen LogP contribution >= 0.6 is 0 Å². The third-order valence-electron chi connectivity index (χ3n) is 3.71. The highest BCUT2D eigenvalue weighted by Gasteiger charge is 2.24. The van der Waals surface area contributed by atoms with Crippen molar-refractivity contribution in [3.05, 3.63) is 23.3 Å². The largest absolute Gasteiger partial charge is 0.423 e. The van der Waals surface area contributed by atoms with Crippen molar-refractivity contribution in [2.75, 3.05) is 14.1 Å². The second-order valence-electron chi connectivity index (χ2n) is 5.73. The standard InChI is InChI=1S/C16H20O4.C2H7N/c1-4-12-5-6-13-7-8-15(19-10(2)17)16(14(13)9-12)20-11(3)18;1-3-2/h7-8,12H,4-6,9H2,1-3H3;3H,1-2H3. The molecule has 0 aliphatic heterocycles. The highest BCUT2D eigenvalue weighted by molar-refractivity contribution is 5.75. The van der Waals surface area contributed by atoms with Gasteiger partial charge in [0, 0.05) is 19.4 Å². The van der Waals surface area contributed by atoms with Crippen molar-refractivity contribution < 1.29 is 19.1 Å². The first-order valence-corrected chi connectivity index (χ1v) is 8.02. The Kier molecular flexibility index (Phi) is 7.75. The Morgan fingerprint density at radius 2 is 1.78 bits per heavy atom. The summed E-state index contributed by atoms with van der Waals surface area (Å²) in [6, 6.07) is 3.68. The maximum atomic E-state index is 11.3. The summed E-state index contributed by atoms with van der Waals surface area (Å²) >= 11 is 0. The van der Waals surface area contributed by atoms with Crippen LogP contribution in [0.15, 0.2) is 12.1 Å². The fourth-order valence-corrected chi connectivity index (χ4v) is 2.69. The number of hydrogen-bond acceptors (Lipinski definition) is 5. The van der Waals surface area contributed by atoms with Gasteiger partial charge in [0.25, 0.3) is 0 Å². The number of benzene rings is 1. The molecule has 1 aromatic rings. The molecule has 23 heavy (non-hydrogen) atoms. The molecule has 128 valence electrons. The van der Waals surface area contributed by atoms with Crippen molar-refractivity contribution in [3.8, 4) is 11.5 Å². The zero-order valence-electron chi connectivity index (χ0n) is 14.7. The summed E-state index contributed by atoms with van der Waals surface area (Å²) in [7, 11) is 3.75. The number of hydrogen-bond donors (Lipinski definition) is 1. The molecule has 0 aromatic heterocycles. The van der Waals surface area contributed by atoms with E-state index in [1.54, 1.807) is 6.07 Å². The highest BCUT2D eigenvalue weighted by atomic mass is 16.6. The number of carbonyl (C=O) groups is 2. The Labute approximate surface area is 138 Å². The van der Waals surface area contributed by atoms with Crippen LogP contribution in [0.2, 0.25) is 0 Å². The molecule has 0 bridgehead atoms. The van der Waals surface area contributed by atoms with Gasteiger partial charge in [0.15, 0.2) is 11.5 Å². The van der Waals surface area contributed by atoms with Crippen molar-refractivity contribution >= 4 is 11.9 Å². The summed E-state index contributed by atoms with van der Waals surface area (Å²) < 4.78 is 10.5. The van der Waals surface area contributed by atoms with E-state index in [0.717, 1.165) is 31.2 Å². The van der Waals surface area contributed by atoms with E-state index in [1.165, 1.54) is 19.4 Å². The summed E-state index contributed by atoms with van der Waals surface area (Å²) in [5.41, 5.74) is 2.19.